The van der Waals surface area contributed by atoms with Crippen molar-refractivity contribution in [2.45, 2.75) is 19.8 Å². The van der Waals surface area contributed by atoms with E-state index in [1.807, 2.05) is 60.4 Å². The first kappa shape index (κ1) is 22.6. The molecule has 0 saturated carbocycles. The third-order valence-electron chi connectivity index (χ3n) is 5.77. The molecule has 0 radical (unpaired) electrons. The molecule has 2 aromatic carbocycles. The zero-order valence-electron chi connectivity index (χ0n) is 18.2. The zero-order valence-corrected chi connectivity index (χ0v) is 19.8. The summed E-state index contributed by atoms with van der Waals surface area (Å²) < 4.78 is 0.567. The van der Waals surface area contributed by atoms with Crippen LogP contribution in [0.2, 0.25) is 0 Å². The van der Waals surface area contributed by atoms with Crippen LogP contribution in [0.25, 0.3) is 6.08 Å². The number of thiocarbonyl (C=S) groups is 1. The van der Waals surface area contributed by atoms with Crippen molar-refractivity contribution in [1.82, 2.24) is 9.80 Å². The maximum absolute atomic E-state index is 12.8. The van der Waals surface area contributed by atoms with E-state index in [4.69, 9.17) is 12.2 Å². The van der Waals surface area contributed by atoms with Crippen molar-refractivity contribution in [2.75, 3.05) is 37.6 Å². The van der Waals surface area contributed by atoms with Gasteiger partial charge in [-0.1, -0.05) is 72.0 Å². The van der Waals surface area contributed by atoms with E-state index in [0.29, 0.717) is 28.6 Å². The molecule has 4 rings (SSSR count). The fourth-order valence-electron chi connectivity index (χ4n) is 3.91. The van der Waals surface area contributed by atoms with Gasteiger partial charge in [-0.2, -0.15) is 0 Å². The van der Waals surface area contributed by atoms with E-state index in [1.165, 1.54) is 23.0 Å². The van der Waals surface area contributed by atoms with Crippen molar-refractivity contribution in [3.05, 3.63) is 70.6 Å². The Balaban J connectivity index is 1.24. The van der Waals surface area contributed by atoms with Gasteiger partial charge in [-0.05, 0) is 37.1 Å². The number of rotatable bonds is 6. The van der Waals surface area contributed by atoms with E-state index >= 15 is 0 Å². The van der Waals surface area contributed by atoms with E-state index in [-0.39, 0.29) is 11.8 Å². The number of piperazine rings is 1. The lowest BCUT2D eigenvalue weighted by molar-refractivity contribution is -0.132. The van der Waals surface area contributed by atoms with Gasteiger partial charge < -0.3 is 9.80 Å². The van der Waals surface area contributed by atoms with Crippen LogP contribution in [-0.4, -0.2) is 58.7 Å². The van der Waals surface area contributed by atoms with Gasteiger partial charge in [-0.25, -0.2) is 0 Å². The normalized spacial score (nSPS) is 18.0. The first-order valence-electron chi connectivity index (χ1n) is 10.9. The molecule has 0 spiro atoms. The average molecular weight is 466 g/mol. The lowest BCUT2D eigenvalue weighted by Crippen LogP contribution is -2.48. The number of carbonyl (C=O) groups excluding carboxylic acids is 2. The van der Waals surface area contributed by atoms with Gasteiger partial charge in [0.25, 0.3) is 5.91 Å². The molecule has 5 nitrogen and oxygen atoms in total. The summed E-state index contributed by atoms with van der Waals surface area (Å²) >= 11 is 6.76. The van der Waals surface area contributed by atoms with Crippen LogP contribution in [0.15, 0.2) is 59.5 Å². The number of amides is 2. The van der Waals surface area contributed by atoms with E-state index in [9.17, 15) is 9.59 Å². The summed E-state index contributed by atoms with van der Waals surface area (Å²) in [6.07, 6.45) is 2.93. The van der Waals surface area contributed by atoms with E-state index in [1.54, 1.807) is 4.90 Å². The summed E-state index contributed by atoms with van der Waals surface area (Å²) in [4.78, 5) is 32.0. The monoisotopic (exact) mass is 465 g/mol. The highest BCUT2D eigenvalue weighted by Gasteiger charge is 2.32. The molecule has 32 heavy (non-hydrogen) atoms. The molecule has 0 atom stereocenters. The fourth-order valence-corrected chi connectivity index (χ4v) is 5.21. The molecule has 2 heterocycles. The van der Waals surface area contributed by atoms with Crippen molar-refractivity contribution < 1.29 is 9.59 Å². The Morgan fingerprint density at radius 2 is 1.72 bits per heavy atom. The van der Waals surface area contributed by atoms with Crippen LogP contribution in [0, 0.1) is 6.92 Å². The van der Waals surface area contributed by atoms with Crippen LogP contribution < -0.4 is 4.90 Å². The van der Waals surface area contributed by atoms with Gasteiger partial charge in [0.05, 0.1) is 4.91 Å². The lowest BCUT2D eigenvalue weighted by atomic mass is 10.1. The third kappa shape index (κ3) is 5.40. The van der Waals surface area contributed by atoms with E-state index in [2.05, 4.69) is 17.0 Å². The predicted molar refractivity (Wildman–Crippen MR) is 136 cm³/mol. The summed E-state index contributed by atoms with van der Waals surface area (Å²) in [6, 6.07) is 18.3. The third-order valence-corrected chi connectivity index (χ3v) is 7.15. The van der Waals surface area contributed by atoms with Gasteiger partial charge in [-0.3, -0.25) is 14.5 Å². The van der Waals surface area contributed by atoms with Crippen molar-refractivity contribution in [1.29, 1.82) is 0 Å². The first-order valence-corrected chi connectivity index (χ1v) is 12.1. The van der Waals surface area contributed by atoms with Gasteiger partial charge in [0, 0.05) is 44.8 Å². The highest BCUT2D eigenvalue weighted by Crippen LogP contribution is 2.32. The predicted octanol–water partition coefficient (Wildman–Crippen LogP) is 4.33. The molecule has 7 heteroatoms. The number of benzene rings is 2. The van der Waals surface area contributed by atoms with Gasteiger partial charge in [0.15, 0.2) is 0 Å². The lowest BCUT2D eigenvalue weighted by Gasteiger charge is -2.36. The van der Waals surface area contributed by atoms with Gasteiger partial charge in [-0.15, -0.1) is 0 Å². The second-order valence-corrected chi connectivity index (χ2v) is 9.73. The zero-order chi connectivity index (χ0) is 22.5. The van der Waals surface area contributed by atoms with Gasteiger partial charge >= 0.3 is 0 Å². The molecule has 2 fully saturated rings. The minimum absolute atomic E-state index is 0.0653. The Morgan fingerprint density at radius 3 is 2.41 bits per heavy atom. The van der Waals surface area contributed by atoms with Crippen molar-refractivity contribution in [2.24, 2.45) is 0 Å². The van der Waals surface area contributed by atoms with Gasteiger partial charge in [0.1, 0.15) is 4.32 Å². The number of anilines is 1. The van der Waals surface area contributed by atoms with Crippen LogP contribution in [-0.2, 0) is 9.59 Å². The molecule has 0 N–H and O–H groups in total. The molecular weight excluding hydrogens is 438 g/mol. The Bertz CT molecular complexity index is 1010. The summed E-state index contributed by atoms with van der Waals surface area (Å²) in [6.45, 7) is 5.66. The molecule has 0 aliphatic carbocycles. The van der Waals surface area contributed by atoms with E-state index in [0.717, 1.165) is 31.7 Å². The first-order chi connectivity index (χ1) is 15.5. The number of aryl methyl sites for hydroxylation is 1. The molecule has 0 bridgehead atoms. The second kappa shape index (κ2) is 10.3. The molecule has 0 aromatic heterocycles. The summed E-state index contributed by atoms with van der Waals surface area (Å²) in [5, 5.41) is 0. The summed E-state index contributed by atoms with van der Waals surface area (Å²) in [7, 11) is 0. The Kier molecular flexibility index (Phi) is 7.27. The molecule has 0 unspecified atom stereocenters. The topological polar surface area (TPSA) is 43.9 Å². The Morgan fingerprint density at radius 1 is 1.03 bits per heavy atom. The molecule has 2 aliphatic heterocycles. The maximum Gasteiger partial charge on any atom is 0.266 e. The largest absolute Gasteiger partial charge is 0.368 e. The number of hydrogen-bond acceptors (Lipinski definition) is 5. The maximum atomic E-state index is 12.8. The molecule has 2 aromatic rings. The summed E-state index contributed by atoms with van der Waals surface area (Å²) in [5.41, 5.74) is 3.37. The van der Waals surface area contributed by atoms with E-state index < -0.39 is 0 Å². The number of carbonyl (C=O) groups is 2. The second-order valence-electron chi connectivity index (χ2n) is 8.05. The minimum atomic E-state index is -0.0653. The number of nitrogens with zero attached hydrogens (tertiary/aromatic N) is 3. The van der Waals surface area contributed by atoms with Crippen LogP contribution >= 0.6 is 24.0 Å². The molecule has 2 saturated heterocycles. The molecule has 166 valence electrons. The smallest absolute Gasteiger partial charge is 0.266 e. The number of para-hydroxylation sites is 1. The number of thioether (sulfide) groups is 1. The van der Waals surface area contributed by atoms with Gasteiger partial charge in [0.2, 0.25) is 5.91 Å². The number of hydrogen-bond donors (Lipinski definition) is 0. The Hall–Kier alpha value is -2.64. The Labute approximate surface area is 199 Å². The standard InChI is InChI=1S/C25H27N3O2S2/c1-19-9-11-20(12-10-19)18-22-24(30)28(25(31)32-22)13-5-8-23(29)27-16-14-26(15-17-27)21-6-3-2-4-7-21/h2-4,6-7,9-12,18H,5,8,13-17H2,1H3/b22-18+. The highest BCUT2D eigenvalue weighted by molar-refractivity contribution is 8.26. The van der Waals surface area contributed by atoms with Crippen molar-refractivity contribution in [3.8, 4) is 0 Å². The van der Waals surface area contributed by atoms with Crippen LogP contribution in [0.3, 0.4) is 0 Å². The van der Waals surface area contributed by atoms with Crippen molar-refractivity contribution >= 4 is 51.9 Å². The quantitative estimate of drug-likeness (QED) is 0.469. The minimum Gasteiger partial charge on any atom is -0.368 e. The highest BCUT2D eigenvalue weighted by atomic mass is 32.2. The van der Waals surface area contributed by atoms with Crippen LogP contribution in [0.4, 0.5) is 5.69 Å². The van der Waals surface area contributed by atoms with Crippen LogP contribution in [0.1, 0.15) is 24.0 Å². The molecule has 2 amide bonds. The average Bonchev–Trinajstić information content (AvgIpc) is 3.08. The molecular formula is C25H27N3O2S2. The summed E-state index contributed by atoms with van der Waals surface area (Å²) in [5.74, 6) is 0.0860. The molecule has 2 aliphatic rings. The fraction of sp³-hybridized carbons (Fsp3) is 0.320. The SMILES string of the molecule is Cc1ccc(/C=C2/SC(=S)N(CCCC(=O)N3CCN(c4ccccc4)CC3)C2=O)cc1. The van der Waals surface area contributed by atoms with Crippen molar-refractivity contribution in [3.63, 3.8) is 0 Å². The van der Waals surface area contributed by atoms with Crippen LogP contribution in [0.5, 0.6) is 0 Å².